The summed E-state index contributed by atoms with van der Waals surface area (Å²) in [6.07, 6.45) is 3.98. The molecule has 1 rings (SSSR count). The minimum Gasteiger partial charge on any atom is -0.308 e. The van der Waals surface area contributed by atoms with Crippen LogP contribution in [0.4, 0.5) is 0 Å². The number of rotatable bonds is 4. The number of alkyl halides is 1. The second-order valence-corrected chi connectivity index (χ2v) is 5.21. The molecular weight excluding hydrogens is 218 g/mol. The zero-order valence-corrected chi connectivity index (χ0v) is 11.0. The molecule has 0 aromatic heterocycles. The van der Waals surface area contributed by atoms with Gasteiger partial charge >= 0.3 is 0 Å². The summed E-state index contributed by atoms with van der Waals surface area (Å²) in [6.45, 7) is 7.42. The Hall–Kier alpha value is -0.790. The normalized spacial score (nSPS) is 12.2. The molecule has 1 aromatic rings. The summed E-state index contributed by atoms with van der Waals surface area (Å²) in [5, 5.41) is 3.46. The number of allylic oxidation sites excluding steroid dienone is 1. The summed E-state index contributed by atoms with van der Waals surface area (Å²) in [4.78, 5) is 0. The first-order chi connectivity index (χ1) is 7.51. The van der Waals surface area contributed by atoms with E-state index in [9.17, 15) is 0 Å². The monoisotopic (exact) mass is 237 g/mol. The van der Waals surface area contributed by atoms with Crippen LogP contribution in [0.5, 0.6) is 0 Å². The molecule has 0 aliphatic heterocycles. The molecule has 0 saturated heterocycles. The highest BCUT2D eigenvalue weighted by atomic mass is 35.5. The van der Waals surface area contributed by atoms with Crippen LogP contribution in [-0.2, 0) is 6.54 Å². The van der Waals surface area contributed by atoms with Crippen molar-refractivity contribution in [3.63, 3.8) is 0 Å². The molecule has 0 aliphatic rings. The van der Waals surface area contributed by atoms with Crippen LogP contribution in [0.25, 0.3) is 6.08 Å². The average molecular weight is 238 g/mol. The van der Waals surface area contributed by atoms with Crippen molar-refractivity contribution in [2.75, 3.05) is 5.88 Å². The zero-order chi connectivity index (χ0) is 12.0. The highest BCUT2D eigenvalue weighted by molar-refractivity contribution is 6.19. The molecule has 0 bridgehead atoms. The van der Waals surface area contributed by atoms with Crippen molar-refractivity contribution in [2.45, 2.75) is 32.9 Å². The molecule has 0 unspecified atom stereocenters. The molecule has 0 atom stereocenters. The van der Waals surface area contributed by atoms with Crippen LogP contribution < -0.4 is 5.32 Å². The van der Waals surface area contributed by atoms with Crippen molar-refractivity contribution in [1.82, 2.24) is 5.32 Å². The summed E-state index contributed by atoms with van der Waals surface area (Å²) in [6, 6.07) is 8.52. The number of hydrogen-bond donors (Lipinski definition) is 1. The van der Waals surface area contributed by atoms with Gasteiger partial charge in [0.15, 0.2) is 0 Å². The van der Waals surface area contributed by atoms with Crippen LogP contribution in [0.2, 0.25) is 0 Å². The van der Waals surface area contributed by atoms with E-state index in [1.54, 1.807) is 0 Å². The smallest absolute Gasteiger partial charge is 0.0407 e. The number of benzene rings is 1. The molecule has 0 spiro atoms. The maximum Gasteiger partial charge on any atom is 0.0407 e. The number of nitrogens with one attached hydrogen (secondary N) is 1. The zero-order valence-electron chi connectivity index (χ0n) is 10.3. The van der Waals surface area contributed by atoms with Crippen molar-refractivity contribution >= 4 is 17.7 Å². The minimum absolute atomic E-state index is 0.164. The van der Waals surface area contributed by atoms with Crippen molar-refractivity contribution in [3.05, 3.63) is 41.5 Å². The third kappa shape index (κ3) is 5.34. The lowest BCUT2D eigenvalue weighted by Crippen LogP contribution is -2.35. The summed E-state index contributed by atoms with van der Waals surface area (Å²) < 4.78 is 0. The standard InChI is InChI=1S/C14H20ClN/c1-14(2,3)16-11-13-8-6-12(7-9-13)5-4-10-15/h4-9,16H,10-11H2,1-3H3. The molecule has 88 valence electrons. The van der Waals surface area contributed by atoms with Crippen molar-refractivity contribution in [1.29, 1.82) is 0 Å². The largest absolute Gasteiger partial charge is 0.308 e. The van der Waals surface area contributed by atoms with Gasteiger partial charge in [0.05, 0.1) is 0 Å². The Balaban J connectivity index is 2.55. The van der Waals surface area contributed by atoms with Crippen LogP contribution in [0.1, 0.15) is 31.9 Å². The van der Waals surface area contributed by atoms with Gasteiger partial charge < -0.3 is 5.32 Å². The summed E-state index contributed by atoms with van der Waals surface area (Å²) >= 11 is 5.59. The van der Waals surface area contributed by atoms with Crippen LogP contribution in [0.3, 0.4) is 0 Å². The summed E-state index contributed by atoms with van der Waals surface area (Å²) in [5.74, 6) is 0.563. The molecule has 1 nitrogen and oxygen atoms in total. The first kappa shape index (κ1) is 13.3. The van der Waals surface area contributed by atoms with Gasteiger partial charge in [-0.2, -0.15) is 0 Å². The van der Waals surface area contributed by atoms with E-state index in [1.807, 2.05) is 12.2 Å². The van der Waals surface area contributed by atoms with E-state index in [-0.39, 0.29) is 5.54 Å². The minimum atomic E-state index is 0.164. The lowest BCUT2D eigenvalue weighted by molar-refractivity contribution is 0.424. The Morgan fingerprint density at radius 3 is 2.31 bits per heavy atom. The van der Waals surface area contributed by atoms with Gasteiger partial charge in [0.2, 0.25) is 0 Å². The molecule has 0 aliphatic carbocycles. The molecule has 1 N–H and O–H groups in total. The van der Waals surface area contributed by atoms with Gasteiger partial charge in [0.1, 0.15) is 0 Å². The average Bonchev–Trinajstić information content (AvgIpc) is 2.24. The molecule has 0 fully saturated rings. The lowest BCUT2D eigenvalue weighted by Gasteiger charge is -2.20. The van der Waals surface area contributed by atoms with Crippen LogP contribution in [-0.4, -0.2) is 11.4 Å². The Kier molecular flexibility index (Phi) is 5.04. The van der Waals surface area contributed by atoms with Gasteiger partial charge in [0.25, 0.3) is 0 Å². The molecule has 0 radical (unpaired) electrons. The van der Waals surface area contributed by atoms with Gasteiger partial charge in [-0.25, -0.2) is 0 Å². The maximum atomic E-state index is 5.59. The Labute approximate surface area is 104 Å². The predicted molar refractivity (Wildman–Crippen MR) is 72.8 cm³/mol. The van der Waals surface area contributed by atoms with Crippen LogP contribution >= 0.6 is 11.6 Å². The summed E-state index contributed by atoms with van der Waals surface area (Å²) in [5.41, 5.74) is 2.66. The van der Waals surface area contributed by atoms with Gasteiger partial charge in [-0.05, 0) is 31.9 Å². The third-order valence-corrected chi connectivity index (χ3v) is 2.38. The highest BCUT2D eigenvalue weighted by Gasteiger charge is 2.07. The molecular formula is C14H20ClN. The highest BCUT2D eigenvalue weighted by Crippen LogP contribution is 2.08. The van der Waals surface area contributed by atoms with Crippen molar-refractivity contribution in [2.24, 2.45) is 0 Å². The lowest BCUT2D eigenvalue weighted by atomic mass is 10.1. The number of halogens is 1. The molecule has 0 amide bonds. The van der Waals surface area contributed by atoms with E-state index >= 15 is 0 Å². The topological polar surface area (TPSA) is 12.0 Å². The van der Waals surface area contributed by atoms with E-state index < -0.39 is 0 Å². The molecule has 16 heavy (non-hydrogen) atoms. The second kappa shape index (κ2) is 6.07. The van der Waals surface area contributed by atoms with Crippen molar-refractivity contribution < 1.29 is 0 Å². The van der Waals surface area contributed by atoms with E-state index in [1.165, 1.54) is 11.1 Å². The molecule has 0 heterocycles. The number of hydrogen-bond acceptors (Lipinski definition) is 1. The Morgan fingerprint density at radius 2 is 1.81 bits per heavy atom. The molecule has 2 heteroatoms. The summed E-state index contributed by atoms with van der Waals surface area (Å²) in [7, 11) is 0. The Morgan fingerprint density at radius 1 is 1.19 bits per heavy atom. The van der Waals surface area contributed by atoms with Gasteiger partial charge in [-0.3, -0.25) is 0 Å². The SMILES string of the molecule is CC(C)(C)NCc1ccc(C=CCCl)cc1. The quantitative estimate of drug-likeness (QED) is 0.785. The fraction of sp³-hybridized carbons (Fsp3) is 0.429. The van der Waals surface area contributed by atoms with E-state index in [2.05, 4.69) is 50.4 Å². The van der Waals surface area contributed by atoms with E-state index in [4.69, 9.17) is 11.6 Å². The van der Waals surface area contributed by atoms with Gasteiger partial charge in [-0.15, -0.1) is 11.6 Å². The van der Waals surface area contributed by atoms with Crippen LogP contribution in [0.15, 0.2) is 30.3 Å². The van der Waals surface area contributed by atoms with Gasteiger partial charge in [-0.1, -0.05) is 36.4 Å². The van der Waals surface area contributed by atoms with Gasteiger partial charge in [0, 0.05) is 18.0 Å². The maximum absolute atomic E-state index is 5.59. The third-order valence-electron chi connectivity index (χ3n) is 2.20. The fourth-order valence-corrected chi connectivity index (χ4v) is 1.38. The fourth-order valence-electron chi connectivity index (χ4n) is 1.29. The second-order valence-electron chi connectivity index (χ2n) is 4.90. The van der Waals surface area contributed by atoms with Crippen LogP contribution in [0, 0.1) is 0 Å². The first-order valence-corrected chi connectivity index (χ1v) is 6.11. The van der Waals surface area contributed by atoms with E-state index in [0.29, 0.717) is 5.88 Å². The first-order valence-electron chi connectivity index (χ1n) is 5.58. The molecule has 0 saturated carbocycles. The van der Waals surface area contributed by atoms with E-state index in [0.717, 1.165) is 6.54 Å². The Bertz CT molecular complexity index is 333. The predicted octanol–water partition coefficient (Wildman–Crippen LogP) is 3.83. The molecule has 1 aromatic carbocycles. The van der Waals surface area contributed by atoms with Crippen molar-refractivity contribution in [3.8, 4) is 0 Å².